The van der Waals surface area contributed by atoms with Crippen LogP contribution in [0.25, 0.3) is 43.6 Å². The van der Waals surface area contributed by atoms with Gasteiger partial charge in [0.05, 0.1) is 10.9 Å². The highest BCUT2D eigenvalue weighted by molar-refractivity contribution is 6.17. The lowest BCUT2D eigenvalue weighted by Gasteiger charge is -2.28. The number of rotatable bonds is 2. The van der Waals surface area contributed by atoms with Crippen LogP contribution in [0, 0.1) is 24.7 Å². The van der Waals surface area contributed by atoms with Crippen LogP contribution in [-0.4, -0.2) is 0 Å². The van der Waals surface area contributed by atoms with E-state index in [0.717, 1.165) is 24.3 Å². The van der Waals surface area contributed by atoms with Crippen molar-refractivity contribution in [2.75, 3.05) is 0 Å². The van der Waals surface area contributed by atoms with Gasteiger partial charge in [-0.1, -0.05) is 83.5 Å². The van der Waals surface area contributed by atoms with Crippen molar-refractivity contribution in [1.82, 2.24) is 0 Å². The lowest BCUT2D eigenvalue weighted by atomic mass is 9.81. The molecule has 0 amide bonds. The number of hydrogen-bond acceptors (Lipinski definition) is 1. The maximum atomic E-state index is 7.05. The van der Waals surface area contributed by atoms with Gasteiger partial charge >= 0.3 is 0 Å². The van der Waals surface area contributed by atoms with Crippen molar-refractivity contribution in [3.63, 3.8) is 0 Å². The van der Waals surface area contributed by atoms with Gasteiger partial charge in [0.1, 0.15) is 18.5 Å². The van der Waals surface area contributed by atoms with Crippen molar-refractivity contribution >= 4 is 32.3 Å². The average Bonchev–Trinajstić information content (AvgIpc) is 2.81. The molecule has 5 aromatic rings. The summed E-state index contributed by atoms with van der Waals surface area (Å²) >= 11 is 0. The topological polar surface area (TPSA) is 13.1 Å². The molecule has 0 spiro atoms. The van der Waals surface area contributed by atoms with Crippen molar-refractivity contribution in [1.29, 1.82) is 0 Å². The molecule has 6 rings (SSSR count). The quantitative estimate of drug-likeness (QED) is 0.170. The van der Waals surface area contributed by atoms with E-state index in [-0.39, 0.29) is 10.8 Å². The SMILES string of the molecule is Cc1cc(CC(C)(C)C)c2c(c1)cc1c3c([n+](C)ccc32)-c2c(c(CC(C)(C)C)c3ccccc3c2C)O1. The first-order valence-electron chi connectivity index (χ1n) is 13.9. The van der Waals surface area contributed by atoms with Crippen LogP contribution in [-0.2, 0) is 19.9 Å². The summed E-state index contributed by atoms with van der Waals surface area (Å²) in [5.41, 5.74) is 8.17. The number of fused-ring (bicyclic) bond motifs is 5. The van der Waals surface area contributed by atoms with Crippen molar-refractivity contribution in [3.05, 3.63) is 77.0 Å². The Kier molecular flexibility index (Phi) is 5.44. The Labute approximate surface area is 227 Å². The summed E-state index contributed by atoms with van der Waals surface area (Å²) in [5, 5.41) is 7.78. The number of ether oxygens (including phenoxy) is 1. The van der Waals surface area contributed by atoms with Gasteiger partial charge in [0, 0.05) is 17.0 Å². The van der Waals surface area contributed by atoms with E-state index in [0.29, 0.717) is 0 Å². The molecule has 1 aliphatic rings. The van der Waals surface area contributed by atoms with Crippen molar-refractivity contribution < 1.29 is 9.30 Å². The maximum Gasteiger partial charge on any atom is 0.228 e. The molecule has 194 valence electrons. The van der Waals surface area contributed by atoms with Crippen LogP contribution in [0.3, 0.4) is 0 Å². The zero-order chi connectivity index (χ0) is 27.1. The Morgan fingerprint density at radius 2 is 1.45 bits per heavy atom. The highest BCUT2D eigenvalue weighted by atomic mass is 16.5. The molecule has 0 atom stereocenters. The molecular weight excluding hydrogens is 462 g/mol. The molecule has 38 heavy (non-hydrogen) atoms. The molecule has 0 fully saturated rings. The third-order valence-corrected chi connectivity index (χ3v) is 7.93. The predicted octanol–water partition coefficient (Wildman–Crippen LogP) is 9.54. The number of pyridine rings is 1. The second-order valence-electron chi connectivity index (χ2n) is 13.9. The second kappa shape index (κ2) is 8.30. The third-order valence-electron chi connectivity index (χ3n) is 7.93. The smallest absolute Gasteiger partial charge is 0.228 e. The molecular formula is C36H40NO+. The van der Waals surface area contributed by atoms with Gasteiger partial charge in [-0.25, -0.2) is 4.57 Å². The van der Waals surface area contributed by atoms with Crippen molar-refractivity contribution in [3.8, 4) is 22.8 Å². The molecule has 0 unspecified atom stereocenters. The molecule has 1 aromatic heterocycles. The largest absolute Gasteiger partial charge is 0.455 e. The van der Waals surface area contributed by atoms with Crippen LogP contribution in [0.4, 0.5) is 0 Å². The van der Waals surface area contributed by atoms with E-state index < -0.39 is 0 Å². The fraction of sp³-hybridized carbons (Fsp3) is 0.361. The molecule has 0 bridgehead atoms. The molecule has 1 aliphatic heterocycles. The fourth-order valence-electron chi connectivity index (χ4n) is 6.61. The minimum atomic E-state index is 0.131. The lowest BCUT2D eigenvalue weighted by Crippen LogP contribution is -2.32. The van der Waals surface area contributed by atoms with Gasteiger partial charge in [-0.2, -0.15) is 0 Å². The van der Waals surface area contributed by atoms with Gasteiger partial charge in [-0.15, -0.1) is 0 Å². The summed E-state index contributed by atoms with van der Waals surface area (Å²) < 4.78 is 9.35. The number of aryl methyl sites for hydroxylation is 3. The molecule has 2 heteroatoms. The van der Waals surface area contributed by atoms with Crippen LogP contribution in [0.1, 0.15) is 63.8 Å². The Balaban J connectivity index is 1.78. The van der Waals surface area contributed by atoms with Gasteiger partial charge in [0.2, 0.25) is 5.69 Å². The minimum absolute atomic E-state index is 0.131. The lowest BCUT2D eigenvalue weighted by molar-refractivity contribution is -0.659. The molecule has 4 aromatic carbocycles. The van der Waals surface area contributed by atoms with Crippen LogP contribution >= 0.6 is 0 Å². The highest BCUT2D eigenvalue weighted by Gasteiger charge is 2.34. The van der Waals surface area contributed by atoms with Crippen molar-refractivity contribution in [2.45, 2.75) is 68.2 Å². The summed E-state index contributed by atoms with van der Waals surface area (Å²) in [4.78, 5) is 0. The van der Waals surface area contributed by atoms with Gasteiger partial charge < -0.3 is 4.74 Å². The fourth-order valence-corrected chi connectivity index (χ4v) is 6.61. The normalized spacial score (nSPS) is 13.3. The molecule has 0 saturated carbocycles. The van der Waals surface area contributed by atoms with E-state index in [2.05, 4.69) is 122 Å². The molecule has 2 heterocycles. The number of benzene rings is 4. The monoisotopic (exact) mass is 502 g/mol. The summed E-state index contributed by atoms with van der Waals surface area (Å²) in [6.07, 6.45) is 4.23. The van der Waals surface area contributed by atoms with Crippen LogP contribution in [0.15, 0.2) is 54.7 Å². The van der Waals surface area contributed by atoms with Crippen LogP contribution < -0.4 is 9.30 Å². The molecule has 0 radical (unpaired) electrons. The van der Waals surface area contributed by atoms with Gasteiger partial charge in [-0.3, -0.25) is 0 Å². The number of aromatic nitrogens is 1. The summed E-state index contributed by atoms with van der Waals surface area (Å²) in [6.45, 7) is 18.4. The molecule has 0 saturated heterocycles. The van der Waals surface area contributed by atoms with Gasteiger partial charge in [0.25, 0.3) is 0 Å². The highest BCUT2D eigenvalue weighted by Crippen LogP contribution is 2.53. The molecule has 0 N–H and O–H groups in total. The Morgan fingerprint density at radius 3 is 2.13 bits per heavy atom. The standard InChI is InChI=1S/C36H40NO/c1-21-16-23-18-29-32-27(31(23)24(17-21)19-35(3,4)5)14-15-37(9)33(32)30-22(2)25-12-10-11-13-26(25)28(34(30)38-29)20-36(6,7)8/h10-18H,19-20H2,1-9H3/q+1. The van der Waals surface area contributed by atoms with Crippen molar-refractivity contribution in [2.24, 2.45) is 17.9 Å². The first-order chi connectivity index (χ1) is 17.8. The third kappa shape index (κ3) is 3.97. The van der Waals surface area contributed by atoms with E-state index in [1.165, 1.54) is 65.8 Å². The summed E-state index contributed by atoms with van der Waals surface area (Å²) in [5.74, 6) is 2.01. The van der Waals surface area contributed by atoms with E-state index in [1.54, 1.807) is 0 Å². The van der Waals surface area contributed by atoms with E-state index in [4.69, 9.17) is 4.74 Å². The van der Waals surface area contributed by atoms with Crippen LogP contribution in [0.2, 0.25) is 0 Å². The Hall–Kier alpha value is -3.39. The molecule has 0 aliphatic carbocycles. The predicted molar refractivity (Wildman–Crippen MR) is 161 cm³/mol. The van der Waals surface area contributed by atoms with E-state index >= 15 is 0 Å². The zero-order valence-corrected chi connectivity index (χ0v) is 24.5. The summed E-state index contributed by atoms with van der Waals surface area (Å²) in [7, 11) is 2.18. The van der Waals surface area contributed by atoms with Gasteiger partial charge in [0.15, 0.2) is 6.20 Å². The first kappa shape index (κ1) is 24.9. The second-order valence-corrected chi connectivity index (χ2v) is 13.9. The van der Waals surface area contributed by atoms with E-state index in [9.17, 15) is 0 Å². The Bertz CT molecular complexity index is 1780. The summed E-state index contributed by atoms with van der Waals surface area (Å²) in [6, 6.07) is 18.2. The minimum Gasteiger partial charge on any atom is -0.455 e. The average molecular weight is 503 g/mol. The number of hydrogen-bond donors (Lipinski definition) is 0. The number of nitrogens with zero attached hydrogens (tertiary/aromatic N) is 1. The maximum absolute atomic E-state index is 7.05. The first-order valence-corrected chi connectivity index (χ1v) is 13.9. The molecule has 2 nitrogen and oxygen atoms in total. The van der Waals surface area contributed by atoms with Gasteiger partial charge in [-0.05, 0) is 76.3 Å². The van der Waals surface area contributed by atoms with Crippen LogP contribution in [0.5, 0.6) is 11.5 Å². The Morgan fingerprint density at radius 1 is 0.763 bits per heavy atom. The zero-order valence-electron chi connectivity index (χ0n) is 24.5. The van der Waals surface area contributed by atoms with E-state index in [1.807, 2.05) is 0 Å².